The molecular formula is C27H25N3O4S. The fourth-order valence-electron chi connectivity index (χ4n) is 4.11. The van der Waals surface area contributed by atoms with Gasteiger partial charge in [0.25, 0.3) is 5.56 Å². The first-order valence-electron chi connectivity index (χ1n) is 11.3. The number of carbonyl (C=O) groups excluding carboxylic acids is 1. The molecule has 8 heteroatoms. The number of thiophene rings is 1. The maximum Gasteiger partial charge on any atom is 0.262 e. The van der Waals surface area contributed by atoms with Gasteiger partial charge in [0.05, 0.1) is 24.9 Å². The second kappa shape index (κ2) is 9.38. The van der Waals surface area contributed by atoms with Crippen LogP contribution in [0, 0.1) is 6.92 Å². The molecule has 0 radical (unpaired) electrons. The Bertz CT molecular complexity index is 1580. The quantitative estimate of drug-likeness (QED) is 0.330. The molecule has 5 aromatic rings. The molecule has 0 bridgehead atoms. The average Bonchev–Trinajstić information content (AvgIpc) is 3.49. The number of fused-ring (bicyclic) bond motifs is 2. The Kier molecular flexibility index (Phi) is 6.13. The van der Waals surface area contributed by atoms with Crippen LogP contribution in [0.25, 0.3) is 32.3 Å². The maximum absolute atomic E-state index is 13.2. The molecule has 7 nitrogen and oxygen atoms in total. The number of hydrogen-bond acceptors (Lipinski definition) is 6. The third kappa shape index (κ3) is 4.44. The van der Waals surface area contributed by atoms with Crippen LogP contribution >= 0.6 is 11.3 Å². The molecule has 3 heterocycles. The molecule has 1 N–H and O–H groups in total. The lowest BCUT2D eigenvalue weighted by Crippen LogP contribution is -2.29. The highest BCUT2D eigenvalue weighted by Crippen LogP contribution is 2.32. The average molecular weight is 488 g/mol. The summed E-state index contributed by atoms with van der Waals surface area (Å²) in [4.78, 5) is 31.1. The Morgan fingerprint density at radius 3 is 2.80 bits per heavy atom. The van der Waals surface area contributed by atoms with Gasteiger partial charge < -0.3 is 14.5 Å². The lowest BCUT2D eigenvalue weighted by atomic mass is 10.1. The standard InChI is InChI=1S/C27H25N3O4S/c1-16-7-9-18(10-8-16)20-14-35-26-24(20)27(32)30(15-28-26)12-11-23(31)29-17(2)22-13-19-5-4-6-21(33-3)25(19)34-22/h4-10,13-15,17H,11-12H2,1-3H3,(H,29,31). The number of amides is 1. The Morgan fingerprint density at radius 1 is 1.23 bits per heavy atom. The highest BCUT2D eigenvalue weighted by Gasteiger charge is 2.17. The van der Waals surface area contributed by atoms with E-state index in [9.17, 15) is 9.59 Å². The maximum atomic E-state index is 13.2. The van der Waals surface area contributed by atoms with Gasteiger partial charge in [0, 0.05) is 29.3 Å². The van der Waals surface area contributed by atoms with Crippen molar-refractivity contribution in [3.8, 4) is 16.9 Å². The molecule has 0 aliphatic heterocycles. The third-order valence-electron chi connectivity index (χ3n) is 6.05. The van der Waals surface area contributed by atoms with E-state index in [2.05, 4.69) is 10.3 Å². The second-order valence-corrected chi connectivity index (χ2v) is 9.36. The molecule has 0 aliphatic rings. The summed E-state index contributed by atoms with van der Waals surface area (Å²) < 4.78 is 12.8. The lowest BCUT2D eigenvalue weighted by Gasteiger charge is -2.12. The van der Waals surface area contributed by atoms with Crippen molar-refractivity contribution in [1.82, 2.24) is 14.9 Å². The van der Waals surface area contributed by atoms with Gasteiger partial charge in [0.2, 0.25) is 5.91 Å². The lowest BCUT2D eigenvalue weighted by molar-refractivity contribution is -0.122. The summed E-state index contributed by atoms with van der Waals surface area (Å²) in [5.74, 6) is 1.10. The molecule has 3 aromatic heterocycles. The Balaban J connectivity index is 1.31. The second-order valence-electron chi connectivity index (χ2n) is 8.51. The minimum Gasteiger partial charge on any atom is -0.493 e. The van der Waals surface area contributed by atoms with Crippen LogP contribution in [0.15, 0.2) is 69.5 Å². The van der Waals surface area contributed by atoms with Crippen LogP contribution in [-0.4, -0.2) is 22.6 Å². The highest BCUT2D eigenvalue weighted by atomic mass is 32.1. The predicted molar refractivity (Wildman–Crippen MR) is 138 cm³/mol. The van der Waals surface area contributed by atoms with Crippen molar-refractivity contribution in [3.63, 3.8) is 0 Å². The molecule has 178 valence electrons. The summed E-state index contributed by atoms with van der Waals surface area (Å²) in [6.45, 7) is 4.12. The van der Waals surface area contributed by atoms with Crippen LogP contribution in [0.2, 0.25) is 0 Å². The minimum atomic E-state index is -0.332. The van der Waals surface area contributed by atoms with Gasteiger partial charge in [-0.05, 0) is 31.5 Å². The summed E-state index contributed by atoms with van der Waals surface area (Å²) in [6, 6.07) is 15.3. The van der Waals surface area contributed by atoms with Gasteiger partial charge in [-0.25, -0.2) is 4.98 Å². The zero-order valence-corrected chi connectivity index (χ0v) is 20.5. The number of nitrogens with one attached hydrogen (secondary N) is 1. The molecule has 1 atom stereocenters. The number of ether oxygens (including phenoxy) is 1. The number of carbonyl (C=O) groups is 1. The van der Waals surface area contributed by atoms with Crippen LogP contribution in [0.1, 0.15) is 30.7 Å². The van der Waals surface area contributed by atoms with E-state index in [0.717, 1.165) is 22.1 Å². The number of aryl methyl sites for hydroxylation is 2. The van der Waals surface area contributed by atoms with Crippen molar-refractivity contribution in [2.75, 3.05) is 7.11 Å². The van der Waals surface area contributed by atoms with E-state index >= 15 is 0 Å². The predicted octanol–water partition coefficient (Wildman–Crippen LogP) is 5.46. The number of methoxy groups -OCH3 is 1. The summed E-state index contributed by atoms with van der Waals surface area (Å²) in [5.41, 5.74) is 3.52. The summed E-state index contributed by atoms with van der Waals surface area (Å²) in [6.07, 6.45) is 1.66. The van der Waals surface area contributed by atoms with E-state index < -0.39 is 0 Å². The van der Waals surface area contributed by atoms with E-state index in [4.69, 9.17) is 9.15 Å². The van der Waals surface area contributed by atoms with Crippen LogP contribution in [0.4, 0.5) is 0 Å². The van der Waals surface area contributed by atoms with Gasteiger partial charge in [-0.1, -0.05) is 42.0 Å². The number of para-hydroxylation sites is 1. The van der Waals surface area contributed by atoms with Crippen molar-refractivity contribution < 1.29 is 13.9 Å². The number of hydrogen-bond donors (Lipinski definition) is 1. The topological polar surface area (TPSA) is 86.4 Å². The molecule has 0 fully saturated rings. The minimum absolute atomic E-state index is 0.142. The van der Waals surface area contributed by atoms with Gasteiger partial charge in [-0.3, -0.25) is 14.2 Å². The number of benzene rings is 2. The molecular weight excluding hydrogens is 462 g/mol. The number of nitrogens with zero attached hydrogens (tertiary/aromatic N) is 2. The molecule has 1 unspecified atom stereocenters. The number of rotatable bonds is 7. The molecule has 35 heavy (non-hydrogen) atoms. The Morgan fingerprint density at radius 2 is 2.03 bits per heavy atom. The van der Waals surface area contributed by atoms with E-state index in [1.807, 2.05) is 67.8 Å². The van der Waals surface area contributed by atoms with Crippen LogP contribution in [-0.2, 0) is 11.3 Å². The third-order valence-corrected chi connectivity index (χ3v) is 6.94. The van der Waals surface area contributed by atoms with Gasteiger partial charge in [-0.15, -0.1) is 11.3 Å². The highest BCUT2D eigenvalue weighted by molar-refractivity contribution is 7.17. The Hall–Kier alpha value is -3.91. The fraction of sp³-hybridized carbons (Fsp3) is 0.222. The first-order chi connectivity index (χ1) is 16.9. The fourth-order valence-corrected chi connectivity index (χ4v) is 5.02. The summed E-state index contributed by atoms with van der Waals surface area (Å²) in [7, 11) is 1.59. The van der Waals surface area contributed by atoms with Crippen LogP contribution in [0.5, 0.6) is 5.75 Å². The van der Waals surface area contributed by atoms with Crippen LogP contribution < -0.4 is 15.6 Å². The molecule has 0 saturated heterocycles. The normalized spacial score (nSPS) is 12.2. The van der Waals surface area contributed by atoms with Crippen molar-refractivity contribution in [1.29, 1.82) is 0 Å². The van der Waals surface area contributed by atoms with Gasteiger partial charge in [0.1, 0.15) is 10.6 Å². The number of furan rings is 1. The molecule has 2 aromatic carbocycles. The summed E-state index contributed by atoms with van der Waals surface area (Å²) in [5, 5.41) is 6.41. The molecule has 0 aliphatic carbocycles. The van der Waals surface area contributed by atoms with Gasteiger partial charge in [-0.2, -0.15) is 0 Å². The smallest absolute Gasteiger partial charge is 0.262 e. The van der Waals surface area contributed by atoms with E-state index in [1.54, 1.807) is 7.11 Å². The first kappa shape index (κ1) is 22.9. The molecule has 0 saturated carbocycles. The van der Waals surface area contributed by atoms with Gasteiger partial charge >= 0.3 is 0 Å². The zero-order chi connectivity index (χ0) is 24.5. The molecule has 5 rings (SSSR count). The van der Waals surface area contributed by atoms with Crippen molar-refractivity contribution >= 4 is 38.4 Å². The molecule has 1 amide bonds. The Labute approximate surface area is 206 Å². The van der Waals surface area contributed by atoms with Crippen molar-refractivity contribution in [3.05, 3.63) is 81.9 Å². The first-order valence-corrected chi connectivity index (χ1v) is 12.2. The monoisotopic (exact) mass is 487 g/mol. The van der Waals surface area contributed by atoms with Crippen molar-refractivity contribution in [2.24, 2.45) is 0 Å². The summed E-state index contributed by atoms with van der Waals surface area (Å²) >= 11 is 1.45. The van der Waals surface area contributed by atoms with Crippen molar-refractivity contribution in [2.45, 2.75) is 32.9 Å². The zero-order valence-electron chi connectivity index (χ0n) is 19.7. The largest absolute Gasteiger partial charge is 0.493 e. The van der Waals surface area contributed by atoms with Crippen LogP contribution in [0.3, 0.4) is 0 Å². The van der Waals surface area contributed by atoms with Gasteiger partial charge in [0.15, 0.2) is 11.3 Å². The number of aromatic nitrogens is 2. The molecule has 0 spiro atoms. The van der Waals surface area contributed by atoms with E-state index in [1.165, 1.54) is 22.2 Å². The SMILES string of the molecule is COc1cccc2cc(C(C)NC(=O)CCn3cnc4scc(-c5ccc(C)cc5)c4c3=O)oc12. The van der Waals surface area contributed by atoms with E-state index in [-0.39, 0.29) is 30.5 Å². The van der Waals surface area contributed by atoms with E-state index in [0.29, 0.717) is 27.3 Å².